The van der Waals surface area contributed by atoms with Crippen molar-refractivity contribution in [1.82, 2.24) is 19.7 Å². The minimum atomic E-state index is -0.521. The highest BCUT2D eigenvalue weighted by Gasteiger charge is 2.67. The van der Waals surface area contributed by atoms with Crippen LogP contribution in [0.15, 0.2) is 30.3 Å². The van der Waals surface area contributed by atoms with Gasteiger partial charge in [0.1, 0.15) is 29.2 Å². The summed E-state index contributed by atoms with van der Waals surface area (Å²) in [6.07, 6.45) is -0.469. The quantitative estimate of drug-likeness (QED) is 0.369. The summed E-state index contributed by atoms with van der Waals surface area (Å²) in [6.45, 7) is 21.2. The van der Waals surface area contributed by atoms with Crippen molar-refractivity contribution in [2.24, 2.45) is 10.8 Å². The van der Waals surface area contributed by atoms with Crippen molar-refractivity contribution in [1.29, 1.82) is 5.26 Å². The molecule has 3 heterocycles. The minimum Gasteiger partial charge on any atom is -0.489 e. The third-order valence-corrected chi connectivity index (χ3v) is 9.70. The normalized spacial score (nSPS) is 22.2. The summed E-state index contributed by atoms with van der Waals surface area (Å²) in [7, 11) is 0. The first-order valence-electron chi connectivity index (χ1n) is 15.8. The number of pyridine rings is 1. The third kappa shape index (κ3) is 6.28. The molecule has 0 spiro atoms. The molecule has 1 saturated carbocycles. The lowest BCUT2D eigenvalue weighted by Crippen LogP contribution is -2.74. The molecule has 2 aromatic rings. The number of nitriles is 1. The Labute approximate surface area is 277 Å². The molecule has 0 atom stereocenters. The van der Waals surface area contributed by atoms with Gasteiger partial charge in [-0.05, 0) is 64.8 Å². The standard InChI is InChI=1S/C36H44ClN5O4/c1-33(2,3)46-32(44)40-16-18-41(19-17-40)34(4,5)15-14-24-11-13-26-28(39-24)22-42(29(26)43)30-35(6,7)31(36(30,8)9)45-25-12-10-23(21-38)27(37)20-25/h10-13,20,30-31H,16-19,22H2,1-9H3. The van der Waals surface area contributed by atoms with Crippen LogP contribution in [0, 0.1) is 34.0 Å². The van der Waals surface area contributed by atoms with Crippen LogP contribution in [0.25, 0.3) is 0 Å². The number of carbonyl (C=O) groups is 2. The highest BCUT2D eigenvalue weighted by Crippen LogP contribution is 2.59. The van der Waals surface area contributed by atoms with E-state index in [9.17, 15) is 14.9 Å². The first kappa shape index (κ1) is 33.6. The maximum Gasteiger partial charge on any atom is 0.410 e. The smallest absolute Gasteiger partial charge is 0.410 e. The number of rotatable bonds is 4. The van der Waals surface area contributed by atoms with Gasteiger partial charge in [-0.1, -0.05) is 45.2 Å². The van der Waals surface area contributed by atoms with Crippen LogP contribution in [-0.2, 0) is 11.3 Å². The van der Waals surface area contributed by atoms with E-state index in [1.54, 1.807) is 23.1 Å². The van der Waals surface area contributed by atoms with Gasteiger partial charge in [0.2, 0.25) is 0 Å². The number of hydrogen-bond donors (Lipinski definition) is 0. The average molecular weight is 646 g/mol. The second kappa shape index (κ2) is 11.8. The van der Waals surface area contributed by atoms with Gasteiger partial charge < -0.3 is 19.3 Å². The Morgan fingerprint density at radius 3 is 2.26 bits per heavy atom. The van der Waals surface area contributed by atoms with E-state index in [-0.39, 0.29) is 35.0 Å². The lowest BCUT2D eigenvalue weighted by molar-refractivity contribution is -0.199. The van der Waals surface area contributed by atoms with E-state index in [1.165, 1.54) is 0 Å². The molecule has 0 N–H and O–H groups in total. The lowest BCUT2D eigenvalue weighted by atomic mass is 9.49. The number of halogens is 1. The molecule has 0 radical (unpaired) electrons. The molecule has 1 saturated heterocycles. The summed E-state index contributed by atoms with van der Waals surface area (Å²) >= 11 is 6.26. The SMILES string of the molecule is CC(C)(C)OC(=O)N1CCN(C(C)(C)C#Cc2ccc3c(n2)CN(C2C(C)(C)C(Oc4ccc(C#N)c(Cl)c4)C2(C)C)C3=O)CC1. The first-order valence-corrected chi connectivity index (χ1v) is 16.2. The topological polar surface area (TPSA) is 99.0 Å². The van der Waals surface area contributed by atoms with Crippen molar-refractivity contribution < 1.29 is 19.1 Å². The Balaban J connectivity index is 1.25. The summed E-state index contributed by atoms with van der Waals surface area (Å²) in [5.41, 5.74) is 0.693. The molecule has 1 aromatic carbocycles. The van der Waals surface area contributed by atoms with E-state index < -0.39 is 11.1 Å². The zero-order chi connectivity index (χ0) is 33.8. The van der Waals surface area contributed by atoms with Crippen LogP contribution in [0.3, 0.4) is 0 Å². The molecule has 46 heavy (non-hydrogen) atoms. The molecule has 9 nitrogen and oxygen atoms in total. The fourth-order valence-electron chi connectivity index (χ4n) is 7.56. The van der Waals surface area contributed by atoms with E-state index in [0.29, 0.717) is 60.3 Å². The van der Waals surface area contributed by atoms with E-state index in [1.807, 2.05) is 37.8 Å². The largest absolute Gasteiger partial charge is 0.489 e. The molecular weight excluding hydrogens is 602 g/mol. The number of amides is 2. The Bertz CT molecular complexity index is 1630. The number of carbonyl (C=O) groups excluding carboxylic acids is 2. The van der Waals surface area contributed by atoms with Crippen LogP contribution in [0.5, 0.6) is 5.75 Å². The first-order chi connectivity index (χ1) is 21.3. The molecule has 244 valence electrons. The Morgan fingerprint density at radius 1 is 1.02 bits per heavy atom. The fraction of sp³-hybridized carbons (Fsp3) is 0.556. The maximum atomic E-state index is 13.7. The van der Waals surface area contributed by atoms with Gasteiger partial charge in [-0.25, -0.2) is 9.78 Å². The predicted molar refractivity (Wildman–Crippen MR) is 176 cm³/mol. The summed E-state index contributed by atoms with van der Waals surface area (Å²) in [4.78, 5) is 36.9. The van der Waals surface area contributed by atoms with Crippen LogP contribution in [0.1, 0.15) is 89.6 Å². The van der Waals surface area contributed by atoms with Crippen molar-refractivity contribution in [2.45, 2.75) is 92.1 Å². The second-order valence-electron chi connectivity index (χ2n) is 15.2. The van der Waals surface area contributed by atoms with Gasteiger partial charge in [0.15, 0.2) is 0 Å². The second-order valence-corrected chi connectivity index (χ2v) is 15.6. The van der Waals surface area contributed by atoms with Crippen molar-refractivity contribution in [3.63, 3.8) is 0 Å². The molecule has 2 amide bonds. The van der Waals surface area contributed by atoms with E-state index >= 15 is 0 Å². The molecule has 1 aliphatic carbocycles. The number of aromatic nitrogens is 1. The van der Waals surface area contributed by atoms with Crippen LogP contribution < -0.4 is 4.74 Å². The number of fused-ring (bicyclic) bond motifs is 1. The van der Waals surface area contributed by atoms with Gasteiger partial charge in [0.25, 0.3) is 5.91 Å². The molecule has 5 rings (SSSR count). The van der Waals surface area contributed by atoms with E-state index in [4.69, 9.17) is 26.1 Å². The van der Waals surface area contributed by atoms with Crippen LogP contribution in [0.4, 0.5) is 4.79 Å². The molecule has 2 fully saturated rings. The Morgan fingerprint density at radius 2 is 1.67 bits per heavy atom. The Hall–Kier alpha value is -3.79. The summed E-state index contributed by atoms with van der Waals surface area (Å²) in [5, 5.41) is 9.57. The summed E-state index contributed by atoms with van der Waals surface area (Å²) in [6, 6.07) is 10.7. The van der Waals surface area contributed by atoms with Gasteiger partial charge >= 0.3 is 6.09 Å². The van der Waals surface area contributed by atoms with Crippen molar-refractivity contribution in [2.75, 3.05) is 26.2 Å². The number of nitrogens with zero attached hydrogens (tertiary/aromatic N) is 5. The van der Waals surface area contributed by atoms with Gasteiger partial charge in [-0.3, -0.25) is 9.69 Å². The predicted octanol–water partition coefficient (Wildman–Crippen LogP) is 6.13. The van der Waals surface area contributed by atoms with Gasteiger partial charge in [0.05, 0.1) is 33.9 Å². The molecule has 0 bridgehead atoms. The molecule has 0 unspecified atom stereocenters. The van der Waals surface area contributed by atoms with E-state index in [0.717, 1.165) is 5.69 Å². The average Bonchev–Trinajstić information content (AvgIpc) is 3.28. The lowest BCUT2D eigenvalue weighted by Gasteiger charge is -2.65. The molecule has 1 aromatic heterocycles. The Kier molecular flexibility index (Phi) is 8.60. The maximum absolute atomic E-state index is 13.7. The van der Waals surface area contributed by atoms with E-state index in [2.05, 4.69) is 64.4 Å². The summed E-state index contributed by atoms with van der Waals surface area (Å²) < 4.78 is 12.0. The molecule has 3 aliphatic rings. The zero-order valence-corrected chi connectivity index (χ0v) is 29.1. The number of benzene rings is 1. The minimum absolute atomic E-state index is 0.0313. The van der Waals surface area contributed by atoms with Gasteiger partial charge in [-0.15, -0.1) is 0 Å². The number of ether oxygens (including phenoxy) is 2. The van der Waals surface area contributed by atoms with Crippen molar-refractivity contribution in [3.8, 4) is 23.7 Å². The molecule has 10 heteroatoms. The van der Waals surface area contributed by atoms with Gasteiger partial charge in [-0.2, -0.15) is 5.26 Å². The van der Waals surface area contributed by atoms with Crippen LogP contribution in [0.2, 0.25) is 5.02 Å². The van der Waals surface area contributed by atoms with Crippen molar-refractivity contribution >= 4 is 23.6 Å². The van der Waals surface area contributed by atoms with Crippen LogP contribution >= 0.6 is 11.6 Å². The monoisotopic (exact) mass is 645 g/mol. The molecule has 2 aliphatic heterocycles. The zero-order valence-electron chi connectivity index (χ0n) is 28.3. The van der Waals surface area contributed by atoms with Gasteiger partial charge in [0, 0.05) is 49.1 Å². The number of piperazine rings is 1. The van der Waals surface area contributed by atoms with Crippen molar-refractivity contribution in [3.05, 3.63) is 57.9 Å². The number of hydrogen-bond acceptors (Lipinski definition) is 7. The molecular formula is C36H44ClN5O4. The fourth-order valence-corrected chi connectivity index (χ4v) is 7.78. The summed E-state index contributed by atoms with van der Waals surface area (Å²) in [5.74, 6) is 7.21. The third-order valence-electron chi connectivity index (χ3n) is 9.39. The highest BCUT2D eigenvalue weighted by atomic mass is 35.5. The highest BCUT2D eigenvalue weighted by molar-refractivity contribution is 6.31. The van der Waals surface area contributed by atoms with Crippen LogP contribution in [-0.4, -0.2) is 81.1 Å².